The molecule has 20 heavy (non-hydrogen) atoms. The van der Waals surface area contributed by atoms with E-state index in [9.17, 15) is 4.39 Å². The van der Waals surface area contributed by atoms with E-state index in [0.29, 0.717) is 12.0 Å². The Balaban J connectivity index is 1.93. The Kier molecular flexibility index (Phi) is 3.50. The van der Waals surface area contributed by atoms with E-state index in [1.165, 1.54) is 6.07 Å². The van der Waals surface area contributed by atoms with Crippen LogP contribution in [-0.4, -0.2) is 14.6 Å². The Labute approximate surface area is 123 Å². The first-order valence-corrected chi connectivity index (χ1v) is 6.91. The molecule has 102 valence electrons. The van der Waals surface area contributed by atoms with Gasteiger partial charge in [0.05, 0.1) is 17.9 Å². The van der Waals surface area contributed by atoms with E-state index in [2.05, 4.69) is 26.0 Å². The molecule has 1 atom stereocenters. The highest BCUT2D eigenvalue weighted by Crippen LogP contribution is 2.23. The molecule has 1 unspecified atom stereocenters. The maximum absolute atomic E-state index is 13.8. The predicted molar refractivity (Wildman–Crippen MR) is 77.7 cm³/mol. The van der Waals surface area contributed by atoms with Gasteiger partial charge in [-0.3, -0.25) is 4.98 Å². The number of hydrogen-bond donors (Lipinski definition) is 1. The molecule has 0 saturated heterocycles. The normalized spacial score (nSPS) is 12.8. The second-order valence-electron chi connectivity index (χ2n) is 4.55. The van der Waals surface area contributed by atoms with Crippen molar-refractivity contribution in [2.24, 2.45) is 5.73 Å². The van der Waals surface area contributed by atoms with E-state index >= 15 is 0 Å². The van der Waals surface area contributed by atoms with Gasteiger partial charge in [0.1, 0.15) is 5.82 Å². The Morgan fingerprint density at radius 1 is 1.35 bits per heavy atom. The molecule has 1 aromatic carbocycles. The van der Waals surface area contributed by atoms with Crippen molar-refractivity contribution >= 4 is 21.4 Å². The zero-order chi connectivity index (χ0) is 14.1. The third kappa shape index (κ3) is 2.44. The van der Waals surface area contributed by atoms with Crippen molar-refractivity contribution in [2.75, 3.05) is 0 Å². The highest BCUT2D eigenvalue weighted by atomic mass is 79.9. The summed E-state index contributed by atoms with van der Waals surface area (Å²) in [5.74, 6) is -0.252. The van der Waals surface area contributed by atoms with Crippen LogP contribution in [0.1, 0.15) is 17.2 Å². The van der Waals surface area contributed by atoms with Gasteiger partial charge in [-0.2, -0.15) is 5.10 Å². The molecule has 3 aromatic rings. The van der Waals surface area contributed by atoms with Crippen LogP contribution in [-0.2, 0) is 6.42 Å². The summed E-state index contributed by atoms with van der Waals surface area (Å²) >= 11 is 3.34. The first kappa shape index (κ1) is 13.2. The highest BCUT2D eigenvalue weighted by Gasteiger charge is 2.15. The molecule has 6 heteroatoms. The third-order valence-electron chi connectivity index (χ3n) is 3.20. The first-order valence-electron chi connectivity index (χ1n) is 6.12. The SMILES string of the molecule is NC(Cc1cc(Br)ccc1F)c1cnn2ccncc12. The van der Waals surface area contributed by atoms with Crippen molar-refractivity contribution in [1.29, 1.82) is 0 Å². The van der Waals surface area contributed by atoms with Crippen molar-refractivity contribution < 1.29 is 4.39 Å². The number of nitrogens with zero attached hydrogens (tertiary/aromatic N) is 3. The third-order valence-corrected chi connectivity index (χ3v) is 3.69. The molecule has 0 amide bonds. The molecular formula is C14H12BrFN4. The molecule has 0 spiro atoms. The fraction of sp³-hybridized carbons (Fsp3) is 0.143. The van der Waals surface area contributed by atoms with Gasteiger partial charge in [-0.25, -0.2) is 8.91 Å². The number of aromatic nitrogens is 3. The second-order valence-corrected chi connectivity index (χ2v) is 5.47. The molecule has 0 saturated carbocycles. The van der Waals surface area contributed by atoms with Crippen LogP contribution >= 0.6 is 15.9 Å². The van der Waals surface area contributed by atoms with E-state index in [1.54, 1.807) is 41.4 Å². The fourth-order valence-corrected chi connectivity index (χ4v) is 2.59. The Morgan fingerprint density at radius 3 is 3.05 bits per heavy atom. The van der Waals surface area contributed by atoms with Gasteiger partial charge in [-0.1, -0.05) is 15.9 Å². The quantitative estimate of drug-likeness (QED) is 0.801. The highest BCUT2D eigenvalue weighted by molar-refractivity contribution is 9.10. The summed E-state index contributed by atoms with van der Waals surface area (Å²) in [7, 11) is 0. The number of rotatable bonds is 3. The zero-order valence-corrected chi connectivity index (χ0v) is 12.1. The average molecular weight is 335 g/mol. The van der Waals surface area contributed by atoms with Crippen molar-refractivity contribution in [2.45, 2.75) is 12.5 Å². The summed E-state index contributed by atoms with van der Waals surface area (Å²) in [6.07, 6.45) is 7.23. The van der Waals surface area contributed by atoms with Gasteiger partial charge in [-0.15, -0.1) is 0 Å². The van der Waals surface area contributed by atoms with E-state index < -0.39 is 0 Å². The summed E-state index contributed by atoms with van der Waals surface area (Å²) in [5.41, 5.74) is 8.47. The van der Waals surface area contributed by atoms with Gasteiger partial charge in [0, 0.05) is 28.5 Å². The van der Waals surface area contributed by atoms with Crippen molar-refractivity contribution in [3.63, 3.8) is 0 Å². The van der Waals surface area contributed by atoms with Gasteiger partial charge >= 0.3 is 0 Å². The summed E-state index contributed by atoms with van der Waals surface area (Å²) in [4.78, 5) is 4.07. The minimum Gasteiger partial charge on any atom is -0.324 e. The molecule has 2 heterocycles. The van der Waals surface area contributed by atoms with Crippen LogP contribution in [0, 0.1) is 5.82 Å². The second kappa shape index (κ2) is 5.30. The molecule has 0 fully saturated rings. The smallest absolute Gasteiger partial charge is 0.126 e. The monoisotopic (exact) mass is 334 g/mol. The number of hydrogen-bond acceptors (Lipinski definition) is 3. The largest absolute Gasteiger partial charge is 0.324 e. The van der Waals surface area contributed by atoms with Crippen LogP contribution in [0.15, 0.2) is 47.5 Å². The lowest BCUT2D eigenvalue weighted by molar-refractivity contribution is 0.593. The van der Waals surface area contributed by atoms with Gasteiger partial charge in [-0.05, 0) is 30.2 Å². The minimum atomic E-state index is -0.333. The molecule has 0 radical (unpaired) electrons. The van der Waals surface area contributed by atoms with Crippen molar-refractivity contribution in [3.8, 4) is 0 Å². The molecule has 4 nitrogen and oxygen atoms in total. The van der Waals surface area contributed by atoms with Crippen LogP contribution in [0.3, 0.4) is 0 Å². The molecule has 3 rings (SSSR count). The van der Waals surface area contributed by atoms with Gasteiger partial charge in [0.15, 0.2) is 0 Å². The fourth-order valence-electron chi connectivity index (χ4n) is 2.19. The molecule has 0 aliphatic heterocycles. The van der Waals surface area contributed by atoms with Crippen LogP contribution < -0.4 is 5.73 Å². The van der Waals surface area contributed by atoms with Crippen LogP contribution in [0.2, 0.25) is 0 Å². The van der Waals surface area contributed by atoms with Gasteiger partial charge < -0.3 is 5.73 Å². The molecular weight excluding hydrogens is 323 g/mol. The lowest BCUT2D eigenvalue weighted by Crippen LogP contribution is -2.14. The van der Waals surface area contributed by atoms with Crippen LogP contribution in [0.4, 0.5) is 4.39 Å². The summed E-state index contributed by atoms with van der Waals surface area (Å²) < 4.78 is 16.3. The molecule has 2 aromatic heterocycles. The van der Waals surface area contributed by atoms with Crippen LogP contribution in [0.25, 0.3) is 5.52 Å². The van der Waals surface area contributed by atoms with E-state index in [1.807, 2.05) is 0 Å². The molecule has 0 bridgehead atoms. The number of benzene rings is 1. The standard InChI is InChI=1S/C14H12BrFN4/c15-10-1-2-12(16)9(5-10)6-13(17)11-7-19-20-4-3-18-8-14(11)20/h1-5,7-8,13H,6,17H2. The number of halogens is 2. The Hall–Kier alpha value is -1.79. The van der Waals surface area contributed by atoms with Crippen molar-refractivity contribution in [3.05, 3.63) is 64.4 Å². The lowest BCUT2D eigenvalue weighted by atomic mass is 10.0. The Bertz CT molecular complexity index is 756. The van der Waals surface area contributed by atoms with E-state index in [0.717, 1.165) is 15.6 Å². The first-order chi connectivity index (χ1) is 9.65. The topological polar surface area (TPSA) is 56.2 Å². The number of nitrogens with two attached hydrogens (primary N) is 1. The zero-order valence-electron chi connectivity index (χ0n) is 10.5. The summed E-state index contributed by atoms with van der Waals surface area (Å²) in [6.45, 7) is 0. The van der Waals surface area contributed by atoms with Gasteiger partial charge in [0.2, 0.25) is 0 Å². The maximum Gasteiger partial charge on any atom is 0.126 e. The minimum absolute atomic E-state index is 0.252. The van der Waals surface area contributed by atoms with E-state index in [-0.39, 0.29) is 11.9 Å². The molecule has 0 aliphatic rings. The summed E-state index contributed by atoms with van der Waals surface area (Å²) in [6, 6.07) is 4.52. The maximum atomic E-state index is 13.8. The van der Waals surface area contributed by atoms with Gasteiger partial charge in [0.25, 0.3) is 0 Å². The molecule has 2 N–H and O–H groups in total. The van der Waals surface area contributed by atoms with E-state index in [4.69, 9.17) is 5.73 Å². The Morgan fingerprint density at radius 2 is 2.20 bits per heavy atom. The lowest BCUT2D eigenvalue weighted by Gasteiger charge is -2.11. The molecule has 0 aliphatic carbocycles. The van der Waals surface area contributed by atoms with Crippen molar-refractivity contribution in [1.82, 2.24) is 14.6 Å². The summed E-state index contributed by atoms with van der Waals surface area (Å²) in [5, 5.41) is 4.21. The average Bonchev–Trinajstić information content (AvgIpc) is 2.87. The number of fused-ring (bicyclic) bond motifs is 1. The van der Waals surface area contributed by atoms with Crippen LogP contribution in [0.5, 0.6) is 0 Å². The predicted octanol–water partition coefficient (Wildman–Crippen LogP) is 2.87.